The summed E-state index contributed by atoms with van der Waals surface area (Å²) in [4.78, 5) is 19.2. The number of hydrogen-bond acceptors (Lipinski definition) is 4. The third-order valence-electron chi connectivity index (χ3n) is 4.66. The van der Waals surface area contributed by atoms with Crippen molar-refractivity contribution < 1.29 is 4.79 Å². The number of amides is 1. The van der Waals surface area contributed by atoms with Gasteiger partial charge in [0, 0.05) is 32.2 Å². The normalized spacial score (nSPS) is 24.7. The van der Waals surface area contributed by atoms with E-state index >= 15 is 0 Å². The first-order valence-electron chi connectivity index (χ1n) is 7.49. The van der Waals surface area contributed by atoms with Crippen molar-refractivity contribution in [2.24, 2.45) is 0 Å². The lowest BCUT2D eigenvalue weighted by atomic mass is 10.0. The third-order valence-corrected chi connectivity index (χ3v) is 4.66. The van der Waals surface area contributed by atoms with Gasteiger partial charge in [-0.25, -0.2) is 0 Å². The number of carbonyl (C=O) groups is 1. The summed E-state index contributed by atoms with van der Waals surface area (Å²) in [6, 6.07) is 0.560. The van der Waals surface area contributed by atoms with Gasteiger partial charge in [-0.1, -0.05) is 0 Å². The van der Waals surface area contributed by atoms with Gasteiger partial charge in [-0.05, 0) is 47.0 Å². The molecule has 0 aromatic rings. The first-order valence-corrected chi connectivity index (χ1v) is 7.49. The largest absolute Gasteiger partial charge is 0.339 e. The Morgan fingerprint density at radius 1 is 1.21 bits per heavy atom. The van der Waals surface area contributed by atoms with Crippen molar-refractivity contribution in [3.63, 3.8) is 0 Å². The van der Waals surface area contributed by atoms with Crippen molar-refractivity contribution >= 4 is 5.91 Å². The second-order valence-electron chi connectivity index (χ2n) is 5.95. The minimum absolute atomic E-state index is 0.00602. The highest BCUT2D eigenvalue weighted by atomic mass is 16.2. The predicted octanol–water partition coefficient (Wildman–Crippen LogP) is -0.167. The standard InChI is InChI=1S/C14H28N4O/c1-12(14(19)18-10-6-15-7-11-18)17(3)13-4-8-16(2)9-5-13/h12-13,15H,4-11H2,1-3H3. The number of carbonyl (C=O) groups excluding carboxylic acids is 1. The van der Waals surface area contributed by atoms with Crippen LogP contribution >= 0.6 is 0 Å². The van der Waals surface area contributed by atoms with Crippen molar-refractivity contribution in [2.45, 2.75) is 31.8 Å². The molecule has 0 aromatic carbocycles. The van der Waals surface area contributed by atoms with Crippen LogP contribution in [0, 0.1) is 0 Å². The molecular weight excluding hydrogens is 240 g/mol. The van der Waals surface area contributed by atoms with Crippen LogP contribution in [-0.2, 0) is 4.79 Å². The smallest absolute Gasteiger partial charge is 0.239 e. The van der Waals surface area contributed by atoms with Crippen LogP contribution in [0.15, 0.2) is 0 Å². The number of piperazine rings is 1. The maximum atomic E-state index is 12.5. The average Bonchev–Trinajstić information content (AvgIpc) is 2.46. The zero-order valence-corrected chi connectivity index (χ0v) is 12.6. The number of nitrogens with one attached hydrogen (secondary N) is 1. The maximum absolute atomic E-state index is 12.5. The quantitative estimate of drug-likeness (QED) is 0.771. The Hall–Kier alpha value is -0.650. The van der Waals surface area contributed by atoms with E-state index in [0.717, 1.165) is 39.3 Å². The highest BCUT2D eigenvalue weighted by molar-refractivity contribution is 5.81. The van der Waals surface area contributed by atoms with Crippen LogP contribution in [-0.4, -0.2) is 86.1 Å². The van der Waals surface area contributed by atoms with Crippen LogP contribution in [0.25, 0.3) is 0 Å². The minimum Gasteiger partial charge on any atom is -0.339 e. The van der Waals surface area contributed by atoms with Gasteiger partial charge in [0.1, 0.15) is 0 Å². The SMILES string of the molecule is CC(C(=O)N1CCNCC1)N(C)C1CCN(C)CC1. The van der Waals surface area contributed by atoms with Gasteiger partial charge in [-0.15, -0.1) is 0 Å². The molecule has 1 atom stereocenters. The van der Waals surface area contributed by atoms with Crippen molar-refractivity contribution in [2.75, 3.05) is 53.4 Å². The Labute approximate surface area is 116 Å². The van der Waals surface area contributed by atoms with Crippen LogP contribution in [0.2, 0.25) is 0 Å². The fourth-order valence-electron chi connectivity index (χ4n) is 3.04. The molecular formula is C14H28N4O. The molecule has 0 radical (unpaired) electrons. The average molecular weight is 268 g/mol. The van der Waals surface area contributed by atoms with Crippen LogP contribution in [0.1, 0.15) is 19.8 Å². The molecule has 19 heavy (non-hydrogen) atoms. The lowest BCUT2D eigenvalue weighted by molar-refractivity contribution is -0.137. The van der Waals surface area contributed by atoms with Gasteiger partial charge in [-0.3, -0.25) is 9.69 Å². The molecule has 0 saturated carbocycles. The molecule has 1 unspecified atom stereocenters. The van der Waals surface area contributed by atoms with E-state index in [9.17, 15) is 4.79 Å². The summed E-state index contributed by atoms with van der Waals surface area (Å²) in [5.41, 5.74) is 0. The van der Waals surface area contributed by atoms with Crippen LogP contribution in [0.3, 0.4) is 0 Å². The highest BCUT2D eigenvalue weighted by Gasteiger charge is 2.30. The Balaban J connectivity index is 1.86. The second kappa shape index (κ2) is 6.68. The monoisotopic (exact) mass is 268 g/mol. The van der Waals surface area contributed by atoms with Crippen LogP contribution in [0.4, 0.5) is 0 Å². The number of likely N-dealkylation sites (N-methyl/N-ethyl adjacent to an activating group) is 1. The molecule has 2 fully saturated rings. The summed E-state index contributed by atoms with van der Waals surface area (Å²) in [5, 5.41) is 3.29. The van der Waals surface area contributed by atoms with Crippen molar-refractivity contribution in [3.8, 4) is 0 Å². The van der Waals surface area contributed by atoms with Gasteiger partial charge in [0.05, 0.1) is 6.04 Å². The van der Waals surface area contributed by atoms with Gasteiger partial charge in [0.2, 0.25) is 5.91 Å². The molecule has 2 aliphatic heterocycles. The van der Waals surface area contributed by atoms with Gasteiger partial charge in [-0.2, -0.15) is 0 Å². The van der Waals surface area contributed by atoms with E-state index in [1.807, 2.05) is 4.90 Å². The molecule has 2 heterocycles. The molecule has 0 bridgehead atoms. The van der Waals surface area contributed by atoms with Crippen molar-refractivity contribution in [1.82, 2.24) is 20.0 Å². The van der Waals surface area contributed by atoms with Gasteiger partial charge < -0.3 is 15.1 Å². The molecule has 0 aromatic heterocycles. The first-order chi connectivity index (χ1) is 9.09. The fourth-order valence-corrected chi connectivity index (χ4v) is 3.04. The Bertz CT molecular complexity index is 296. The van der Waals surface area contributed by atoms with E-state index < -0.39 is 0 Å². The third kappa shape index (κ3) is 3.68. The predicted molar refractivity (Wildman–Crippen MR) is 77.2 cm³/mol. The lowest BCUT2D eigenvalue weighted by Gasteiger charge is -2.39. The van der Waals surface area contributed by atoms with E-state index in [1.165, 1.54) is 12.8 Å². The van der Waals surface area contributed by atoms with Gasteiger partial charge in [0.25, 0.3) is 0 Å². The number of hydrogen-bond donors (Lipinski definition) is 1. The molecule has 2 aliphatic rings. The number of likely N-dealkylation sites (tertiary alicyclic amines) is 1. The molecule has 5 heteroatoms. The van der Waals surface area contributed by atoms with Crippen molar-refractivity contribution in [1.29, 1.82) is 0 Å². The Morgan fingerprint density at radius 3 is 2.37 bits per heavy atom. The Morgan fingerprint density at radius 2 is 1.79 bits per heavy atom. The van der Waals surface area contributed by atoms with E-state index in [1.54, 1.807) is 0 Å². The first kappa shape index (κ1) is 14.8. The number of nitrogens with zero attached hydrogens (tertiary/aromatic N) is 3. The summed E-state index contributed by atoms with van der Waals surface area (Å²) in [7, 11) is 4.28. The zero-order valence-electron chi connectivity index (χ0n) is 12.6. The second-order valence-corrected chi connectivity index (χ2v) is 5.95. The maximum Gasteiger partial charge on any atom is 0.239 e. The molecule has 0 aliphatic carbocycles. The van der Waals surface area contributed by atoms with Crippen LogP contribution in [0.5, 0.6) is 0 Å². The molecule has 2 rings (SSSR count). The summed E-state index contributed by atoms with van der Waals surface area (Å²) in [6.07, 6.45) is 2.35. The summed E-state index contributed by atoms with van der Waals surface area (Å²) < 4.78 is 0. The summed E-state index contributed by atoms with van der Waals surface area (Å²) >= 11 is 0. The lowest BCUT2D eigenvalue weighted by Crippen LogP contribution is -2.55. The molecule has 2 saturated heterocycles. The molecule has 1 amide bonds. The molecule has 1 N–H and O–H groups in total. The molecule has 110 valence electrons. The fraction of sp³-hybridized carbons (Fsp3) is 0.929. The van der Waals surface area contributed by atoms with E-state index in [2.05, 4.69) is 36.1 Å². The van der Waals surface area contributed by atoms with Gasteiger partial charge >= 0.3 is 0 Å². The molecule has 5 nitrogen and oxygen atoms in total. The number of piperidine rings is 1. The van der Waals surface area contributed by atoms with Crippen LogP contribution < -0.4 is 5.32 Å². The highest BCUT2D eigenvalue weighted by Crippen LogP contribution is 2.17. The number of rotatable bonds is 3. The molecule has 0 spiro atoms. The zero-order chi connectivity index (χ0) is 13.8. The van der Waals surface area contributed by atoms with Crippen molar-refractivity contribution in [3.05, 3.63) is 0 Å². The minimum atomic E-state index is 0.00602. The van der Waals surface area contributed by atoms with E-state index in [-0.39, 0.29) is 6.04 Å². The van der Waals surface area contributed by atoms with E-state index in [4.69, 9.17) is 0 Å². The van der Waals surface area contributed by atoms with Gasteiger partial charge in [0.15, 0.2) is 0 Å². The Kier molecular flexibility index (Phi) is 5.19. The summed E-state index contributed by atoms with van der Waals surface area (Å²) in [6.45, 7) is 7.90. The topological polar surface area (TPSA) is 38.8 Å². The summed E-state index contributed by atoms with van der Waals surface area (Å²) in [5.74, 6) is 0.294. The van der Waals surface area contributed by atoms with E-state index in [0.29, 0.717) is 11.9 Å².